The summed E-state index contributed by atoms with van der Waals surface area (Å²) in [6, 6.07) is 6.33. The van der Waals surface area contributed by atoms with Crippen LogP contribution in [0.15, 0.2) is 39.1 Å². The van der Waals surface area contributed by atoms with Crippen molar-refractivity contribution in [3.05, 3.63) is 45.9 Å². The highest BCUT2D eigenvalue weighted by molar-refractivity contribution is 7.89. The maximum absolute atomic E-state index is 12.0. The maximum atomic E-state index is 12.0. The Hall–Kier alpha value is -2.59. The molecule has 10 heteroatoms. The van der Waals surface area contributed by atoms with Crippen molar-refractivity contribution in [2.75, 3.05) is 19.5 Å². The number of hydrogen-bond donors (Lipinski definition) is 2. The number of hydrogen-bond acceptors (Lipinski definition) is 7. The minimum Gasteiger partial charge on any atom is -0.288 e. The van der Waals surface area contributed by atoms with Crippen LogP contribution < -0.4 is 11.0 Å². The monoisotopic (exact) mass is 350 g/mol. The molecule has 1 aromatic heterocycles. The van der Waals surface area contributed by atoms with Gasteiger partial charge in [0.25, 0.3) is 5.56 Å². The number of rotatable bonds is 5. The number of aromatic nitrogens is 3. The Morgan fingerprint density at radius 2 is 1.83 bits per heavy atom. The first-order valence-corrected chi connectivity index (χ1v) is 8.42. The molecule has 2 N–H and O–H groups in total. The third kappa shape index (κ3) is 3.84. The molecule has 0 saturated carbocycles. The third-order valence-electron chi connectivity index (χ3n) is 3.24. The molecule has 0 bridgehead atoms. The van der Waals surface area contributed by atoms with Gasteiger partial charge in [-0.25, -0.2) is 18.1 Å². The van der Waals surface area contributed by atoms with Gasteiger partial charge in [0.05, 0.1) is 10.6 Å². The molecule has 0 aliphatic rings. The van der Waals surface area contributed by atoms with Gasteiger partial charge in [-0.3, -0.25) is 9.78 Å². The lowest BCUT2D eigenvalue weighted by Gasteiger charge is -2.11. The standard InChI is InChI=1S/C14H18N6O3S/c1-9(16-18-14-15-13(21)10(2)17-19-14)11-5-7-12(8-6-11)24(22,23)20(3)4/h5-8H,1-4H3,(H2,15,18,19,21)/b16-9-. The molecule has 0 amide bonds. The van der Waals surface area contributed by atoms with E-state index < -0.39 is 10.0 Å². The molecule has 0 atom stereocenters. The van der Waals surface area contributed by atoms with E-state index in [0.29, 0.717) is 5.71 Å². The normalized spacial score (nSPS) is 12.5. The van der Waals surface area contributed by atoms with Gasteiger partial charge in [-0.15, -0.1) is 10.2 Å². The Morgan fingerprint density at radius 3 is 2.38 bits per heavy atom. The average Bonchev–Trinajstić information content (AvgIpc) is 2.55. The van der Waals surface area contributed by atoms with Crippen LogP contribution in [-0.4, -0.2) is 47.7 Å². The minimum absolute atomic E-state index is 0.122. The molecular formula is C14H18N6O3S. The number of sulfonamides is 1. The molecule has 0 radical (unpaired) electrons. The zero-order valence-electron chi connectivity index (χ0n) is 13.7. The van der Waals surface area contributed by atoms with Crippen molar-refractivity contribution in [2.45, 2.75) is 18.7 Å². The van der Waals surface area contributed by atoms with Gasteiger partial charge in [-0.05, 0) is 31.5 Å². The summed E-state index contributed by atoms with van der Waals surface area (Å²) in [5.74, 6) is 0.122. The summed E-state index contributed by atoms with van der Waals surface area (Å²) >= 11 is 0. The Morgan fingerprint density at radius 1 is 1.21 bits per heavy atom. The largest absolute Gasteiger partial charge is 0.288 e. The summed E-state index contributed by atoms with van der Waals surface area (Å²) in [4.78, 5) is 14.1. The first-order valence-electron chi connectivity index (χ1n) is 6.98. The molecule has 0 unspecified atom stereocenters. The maximum Gasteiger partial charge on any atom is 0.274 e. The van der Waals surface area contributed by atoms with E-state index in [1.54, 1.807) is 26.0 Å². The van der Waals surface area contributed by atoms with Gasteiger partial charge in [0, 0.05) is 14.1 Å². The number of hydrazone groups is 1. The summed E-state index contributed by atoms with van der Waals surface area (Å²) in [7, 11) is -0.513. The molecule has 0 saturated heterocycles. The van der Waals surface area contributed by atoms with Gasteiger partial charge in [-0.2, -0.15) is 5.10 Å². The SMILES string of the molecule is C/C(=N/Nc1nnc(C)c(=O)[nH]1)c1ccc(S(=O)(=O)N(C)C)cc1. The van der Waals surface area contributed by atoms with E-state index >= 15 is 0 Å². The van der Waals surface area contributed by atoms with Crippen LogP contribution in [0.2, 0.25) is 0 Å². The van der Waals surface area contributed by atoms with Gasteiger partial charge in [0.2, 0.25) is 16.0 Å². The van der Waals surface area contributed by atoms with Crippen LogP contribution in [0.4, 0.5) is 5.95 Å². The molecule has 9 nitrogen and oxygen atoms in total. The van der Waals surface area contributed by atoms with Gasteiger partial charge >= 0.3 is 0 Å². The van der Waals surface area contributed by atoms with Gasteiger partial charge in [-0.1, -0.05) is 12.1 Å². The van der Waals surface area contributed by atoms with Crippen molar-refractivity contribution in [3.63, 3.8) is 0 Å². The number of nitrogens with one attached hydrogen (secondary N) is 2. The Labute approximate surface area is 139 Å². The fraction of sp³-hybridized carbons (Fsp3) is 0.286. The Kier molecular flexibility index (Phi) is 5.10. The summed E-state index contributed by atoms with van der Waals surface area (Å²) in [5.41, 5.74) is 3.84. The van der Waals surface area contributed by atoms with Crippen LogP contribution in [0.1, 0.15) is 18.2 Å². The van der Waals surface area contributed by atoms with Crippen LogP contribution in [0.3, 0.4) is 0 Å². The van der Waals surface area contributed by atoms with Crippen LogP contribution >= 0.6 is 0 Å². The molecule has 2 rings (SSSR count). The van der Waals surface area contributed by atoms with E-state index in [2.05, 4.69) is 25.7 Å². The predicted octanol–water partition coefficient (Wildman–Crippen LogP) is 0.560. The molecule has 128 valence electrons. The van der Waals surface area contributed by atoms with E-state index in [9.17, 15) is 13.2 Å². The number of anilines is 1. The quantitative estimate of drug-likeness (QED) is 0.600. The summed E-state index contributed by atoms with van der Waals surface area (Å²) < 4.78 is 25.2. The topological polar surface area (TPSA) is 120 Å². The molecule has 0 spiro atoms. The molecule has 1 aromatic carbocycles. The van der Waals surface area contributed by atoms with Crippen molar-refractivity contribution in [2.24, 2.45) is 5.10 Å². The van der Waals surface area contributed by atoms with E-state index in [4.69, 9.17) is 0 Å². The molecular weight excluding hydrogens is 332 g/mol. The van der Waals surface area contributed by atoms with Crippen molar-refractivity contribution in [1.29, 1.82) is 0 Å². The second-order valence-electron chi connectivity index (χ2n) is 5.21. The van der Waals surface area contributed by atoms with Crippen LogP contribution in [0.25, 0.3) is 0 Å². The molecule has 2 aromatic rings. The van der Waals surface area contributed by atoms with E-state index in [-0.39, 0.29) is 22.1 Å². The van der Waals surface area contributed by atoms with Gasteiger partial charge in [0.1, 0.15) is 5.69 Å². The Bertz CT molecular complexity index is 916. The number of H-pyrrole nitrogens is 1. The minimum atomic E-state index is -3.46. The first kappa shape index (κ1) is 17.8. The highest BCUT2D eigenvalue weighted by Gasteiger charge is 2.16. The highest BCUT2D eigenvalue weighted by atomic mass is 32.2. The number of nitrogens with zero attached hydrogens (tertiary/aromatic N) is 4. The van der Waals surface area contributed by atoms with E-state index in [0.717, 1.165) is 9.87 Å². The zero-order chi connectivity index (χ0) is 17.9. The van der Waals surface area contributed by atoms with Crippen molar-refractivity contribution in [1.82, 2.24) is 19.5 Å². The number of aromatic amines is 1. The van der Waals surface area contributed by atoms with Crippen LogP contribution in [0.5, 0.6) is 0 Å². The number of aryl methyl sites for hydroxylation is 1. The van der Waals surface area contributed by atoms with E-state index in [1.165, 1.54) is 26.2 Å². The molecule has 1 heterocycles. The molecule has 24 heavy (non-hydrogen) atoms. The molecule has 0 aliphatic heterocycles. The first-order chi connectivity index (χ1) is 11.2. The fourth-order valence-corrected chi connectivity index (χ4v) is 2.63. The molecule has 0 fully saturated rings. The van der Waals surface area contributed by atoms with Crippen molar-refractivity contribution >= 4 is 21.7 Å². The van der Waals surface area contributed by atoms with Crippen molar-refractivity contribution < 1.29 is 8.42 Å². The van der Waals surface area contributed by atoms with Crippen LogP contribution in [-0.2, 0) is 10.0 Å². The lowest BCUT2D eigenvalue weighted by atomic mass is 10.1. The Balaban J connectivity index is 2.19. The van der Waals surface area contributed by atoms with Gasteiger partial charge in [0.15, 0.2) is 0 Å². The summed E-state index contributed by atoms with van der Waals surface area (Å²) in [6.07, 6.45) is 0. The average molecular weight is 350 g/mol. The predicted molar refractivity (Wildman–Crippen MR) is 90.5 cm³/mol. The lowest BCUT2D eigenvalue weighted by Crippen LogP contribution is -2.22. The second-order valence-corrected chi connectivity index (χ2v) is 7.36. The summed E-state index contributed by atoms with van der Waals surface area (Å²) in [5, 5.41) is 11.5. The van der Waals surface area contributed by atoms with Crippen molar-refractivity contribution in [3.8, 4) is 0 Å². The van der Waals surface area contributed by atoms with E-state index in [1.807, 2.05) is 0 Å². The third-order valence-corrected chi connectivity index (χ3v) is 5.07. The fourth-order valence-electron chi connectivity index (χ4n) is 1.72. The highest BCUT2D eigenvalue weighted by Crippen LogP contribution is 2.14. The van der Waals surface area contributed by atoms with Crippen LogP contribution in [0, 0.1) is 6.92 Å². The second kappa shape index (κ2) is 6.89. The van der Waals surface area contributed by atoms with Gasteiger partial charge < -0.3 is 0 Å². The smallest absolute Gasteiger partial charge is 0.274 e. The molecule has 0 aliphatic carbocycles. The number of benzene rings is 1. The summed E-state index contributed by atoms with van der Waals surface area (Å²) in [6.45, 7) is 3.29. The zero-order valence-corrected chi connectivity index (χ0v) is 14.5. The lowest BCUT2D eigenvalue weighted by molar-refractivity contribution is 0.521.